The van der Waals surface area contributed by atoms with Crippen LogP contribution in [0.25, 0.3) is 0 Å². The van der Waals surface area contributed by atoms with Gasteiger partial charge in [-0.15, -0.1) is 11.8 Å². The summed E-state index contributed by atoms with van der Waals surface area (Å²) in [6.07, 6.45) is 0.914. The van der Waals surface area contributed by atoms with Gasteiger partial charge in [-0.2, -0.15) is 0 Å². The number of nitrogens with zero attached hydrogens (tertiary/aromatic N) is 1. The Balaban J connectivity index is 2.14. The first kappa shape index (κ1) is 25.3. The first-order chi connectivity index (χ1) is 14.6. The number of rotatable bonds is 9. The molecule has 31 heavy (non-hydrogen) atoms. The van der Waals surface area contributed by atoms with Crippen LogP contribution < -0.4 is 5.32 Å². The third-order valence-electron chi connectivity index (χ3n) is 4.76. The summed E-state index contributed by atoms with van der Waals surface area (Å²) < 4.78 is 0. The standard InChI is InChI=1S/C25H33ClN2O2S/c1-6-22(24(30)27-25(3,4)5)28(17-19-9-11-20(26)12-10-19)23(29)15-16-31-21-13-7-18(2)8-14-21/h7-14,22H,6,15-17H2,1-5H3,(H,27,30)/t22-/m1/s1. The number of thioether (sulfide) groups is 1. The van der Waals surface area contributed by atoms with Crippen molar-refractivity contribution in [2.75, 3.05) is 5.75 Å². The van der Waals surface area contributed by atoms with E-state index < -0.39 is 6.04 Å². The van der Waals surface area contributed by atoms with Crippen molar-refractivity contribution in [3.05, 3.63) is 64.7 Å². The Bertz CT molecular complexity index is 861. The van der Waals surface area contributed by atoms with E-state index in [0.29, 0.717) is 30.2 Å². The number of benzene rings is 2. The average Bonchev–Trinajstić information content (AvgIpc) is 2.69. The van der Waals surface area contributed by atoms with Gasteiger partial charge >= 0.3 is 0 Å². The minimum Gasteiger partial charge on any atom is -0.350 e. The van der Waals surface area contributed by atoms with Crippen molar-refractivity contribution < 1.29 is 9.59 Å². The Hall–Kier alpha value is -1.98. The van der Waals surface area contributed by atoms with Crippen LogP contribution in [0.2, 0.25) is 5.02 Å². The van der Waals surface area contributed by atoms with E-state index in [4.69, 9.17) is 11.6 Å². The van der Waals surface area contributed by atoms with Crippen LogP contribution in [0.3, 0.4) is 0 Å². The van der Waals surface area contributed by atoms with Crippen molar-refractivity contribution in [3.63, 3.8) is 0 Å². The fraction of sp³-hybridized carbons (Fsp3) is 0.440. The van der Waals surface area contributed by atoms with E-state index in [1.165, 1.54) is 5.56 Å². The average molecular weight is 461 g/mol. The van der Waals surface area contributed by atoms with Gasteiger partial charge < -0.3 is 10.2 Å². The molecular formula is C25H33ClN2O2S. The summed E-state index contributed by atoms with van der Waals surface area (Å²) in [7, 11) is 0. The normalized spacial score (nSPS) is 12.3. The van der Waals surface area contributed by atoms with Crippen LogP contribution >= 0.6 is 23.4 Å². The maximum absolute atomic E-state index is 13.2. The second-order valence-corrected chi connectivity index (χ2v) is 10.3. The summed E-state index contributed by atoms with van der Waals surface area (Å²) in [6, 6.07) is 15.2. The van der Waals surface area contributed by atoms with Gasteiger partial charge in [-0.1, -0.05) is 48.4 Å². The number of amides is 2. The lowest BCUT2D eigenvalue weighted by Gasteiger charge is -2.33. The highest BCUT2D eigenvalue weighted by atomic mass is 35.5. The molecule has 0 radical (unpaired) electrons. The third-order valence-corrected chi connectivity index (χ3v) is 6.02. The van der Waals surface area contributed by atoms with E-state index in [-0.39, 0.29) is 17.4 Å². The molecule has 6 heteroatoms. The molecule has 2 amide bonds. The van der Waals surface area contributed by atoms with Crippen molar-refractivity contribution >= 4 is 35.2 Å². The first-order valence-corrected chi connectivity index (χ1v) is 12.0. The van der Waals surface area contributed by atoms with Crippen LogP contribution in [-0.2, 0) is 16.1 Å². The lowest BCUT2D eigenvalue weighted by atomic mass is 10.1. The molecule has 168 valence electrons. The number of nitrogens with one attached hydrogen (secondary N) is 1. The third kappa shape index (κ3) is 8.58. The smallest absolute Gasteiger partial charge is 0.243 e. The zero-order valence-electron chi connectivity index (χ0n) is 19.1. The Kier molecular flexibility index (Phi) is 9.45. The van der Waals surface area contributed by atoms with Crippen molar-refractivity contribution in [1.82, 2.24) is 10.2 Å². The van der Waals surface area contributed by atoms with Crippen molar-refractivity contribution in [2.24, 2.45) is 0 Å². The topological polar surface area (TPSA) is 49.4 Å². The molecule has 0 bridgehead atoms. The summed E-state index contributed by atoms with van der Waals surface area (Å²) in [6.45, 7) is 10.2. The van der Waals surface area contributed by atoms with Gasteiger partial charge in [0.2, 0.25) is 11.8 Å². The number of aryl methyl sites for hydroxylation is 1. The molecule has 0 heterocycles. The second-order valence-electron chi connectivity index (χ2n) is 8.72. The number of halogens is 1. The second kappa shape index (κ2) is 11.6. The molecule has 0 aliphatic carbocycles. The largest absolute Gasteiger partial charge is 0.350 e. The van der Waals surface area contributed by atoms with E-state index in [2.05, 4.69) is 36.5 Å². The molecule has 4 nitrogen and oxygen atoms in total. The van der Waals surface area contributed by atoms with E-state index in [9.17, 15) is 9.59 Å². The van der Waals surface area contributed by atoms with Gasteiger partial charge in [-0.25, -0.2) is 0 Å². The van der Waals surface area contributed by atoms with Gasteiger partial charge in [-0.05, 0) is 63.9 Å². The molecule has 0 saturated heterocycles. The molecule has 0 unspecified atom stereocenters. The Morgan fingerprint density at radius 2 is 1.68 bits per heavy atom. The Labute approximate surface area is 195 Å². The number of carbonyl (C=O) groups excluding carboxylic acids is 2. The van der Waals surface area contributed by atoms with Gasteiger partial charge in [0.15, 0.2) is 0 Å². The molecule has 0 saturated carbocycles. The fourth-order valence-electron chi connectivity index (χ4n) is 3.19. The van der Waals surface area contributed by atoms with E-state index in [1.807, 2.05) is 52.0 Å². The van der Waals surface area contributed by atoms with Crippen molar-refractivity contribution in [3.8, 4) is 0 Å². The van der Waals surface area contributed by atoms with Gasteiger partial charge in [0.25, 0.3) is 0 Å². The molecule has 2 rings (SSSR count). The summed E-state index contributed by atoms with van der Waals surface area (Å²) in [5, 5.41) is 3.68. The highest BCUT2D eigenvalue weighted by Gasteiger charge is 2.30. The molecule has 0 aliphatic rings. The van der Waals surface area contributed by atoms with Gasteiger partial charge in [0, 0.05) is 34.2 Å². The van der Waals surface area contributed by atoms with E-state index in [0.717, 1.165) is 10.5 Å². The number of carbonyl (C=O) groups is 2. The van der Waals surface area contributed by atoms with Gasteiger partial charge in [0.1, 0.15) is 6.04 Å². The van der Waals surface area contributed by atoms with Crippen LogP contribution in [0.4, 0.5) is 0 Å². The molecule has 0 aromatic heterocycles. The molecule has 2 aromatic carbocycles. The van der Waals surface area contributed by atoms with Crippen LogP contribution in [0.5, 0.6) is 0 Å². The summed E-state index contributed by atoms with van der Waals surface area (Å²) in [5.41, 5.74) is 1.80. The predicted octanol–water partition coefficient (Wildman–Crippen LogP) is 5.85. The molecule has 0 spiro atoms. The van der Waals surface area contributed by atoms with Crippen LogP contribution in [0.1, 0.15) is 51.7 Å². The Morgan fingerprint density at radius 3 is 2.23 bits per heavy atom. The maximum atomic E-state index is 13.2. The fourth-order valence-corrected chi connectivity index (χ4v) is 4.16. The van der Waals surface area contributed by atoms with Gasteiger partial charge in [0.05, 0.1) is 0 Å². The van der Waals surface area contributed by atoms with Gasteiger partial charge in [-0.3, -0.25) is 9.59 Å². The van der Waals surface area contributed by atoms with Crippen molar-refractivity contribution in [1.29, 1.82) is 0 Å². The lowest BCUT2D eigenvalue weighted by Crippen LogP contribution is -2.53. The van der Waals surface area contributed by atoms with E-state index >= 15 is 0 Å². The Morgan fingerprint density at radius 1 is 1.06 bits per heavy atom. The van der Waals surface area contributed by atoms with Crippen LogP contribution in [-0.4, -0.2) is 34.0 Å². The highest BCUT2D eigenvalue weighted by Crippen LogP contribution is 2.21. The zero-order valence-corrected chi connectivity index (χ0v) is 20.6. The maximum Gasteiger partial charge on any atom is 0.243 e. The molecule has 0 fully saturated rings. The summed E-state index contributed by atoms with van der Waals surface area (Å²) in [5.74, 6) is 0.519. The highest BCUT2D eigenvalue weighted by molar-refractivity contribution is 7.99. The molecular weight excluding hydrogens is 428 g/mol. The van der Waals surface area contributed by atoms with Crippen LogP contribution in [0.15, 0.2) is 53.4 Å². The zero-order chi connectivity index (χ0) is 23.0. The molecule has 1 N–H and O–H groups in total. The van der Waals surface area contributed by atoms with Crippen LogP contribution in [0, 0.1) is 6.92 Å². The first-order valence-electron chi connectivity index (χ1n) is 10.6. The SMILES string of the molecule is CC[C@H](C(=O)NC(C)(C)C)N(Cc1ccc(Cl)cc1)C(=O)CCSc1ccc(C)cc1. The van der Waals surface area contributed by atoms with Crippen molar-refractivity contribution in [2.45, 2.75) is 70.5 Å². The predicted molar refractivity (Wildman–Crippen MR) is 130 cm³/mol. The number of hydrogen-bond acceptors (Lipinski definition) is 3. The molecule has 0 aliphatic heterocycles. The van der Waals surface area contributed by atoms with E-state index in [1.54, 1.807) is 16.7 Å². The molecule has 2 aromatic rings. The minimum atomic E-state index is -0.522. The monoisotopic (exact) mass is 460 g/mol. The number of hydrogen-bond donors (Lipinski definition) is 1. The minimum absolute atomic E-state index is 0.0227. The lowest BCUT2D eigenvalue weighted by molar-refractivity contribution is -0.141. The molecule has 1 atom stereocenters. The summed E-state index contributed by atoms with van der Waals surface area (Å²) in [4.78, 5) is 29.1. The summed E-state index contributed by atoms with van der Waals surface area (Å²) >= 11 is 7.67. The quantitative estimate of drug-likeness (QED) is 0.477.